The molecule has 1 fully saturated rings. The van der Waals surface area contributed by atoms with Crippen LogP contribution in [0.3, 0.4) is 0 Å². The quantitative estimate of drug-likeness (QED) is 0.158. The Kier molecular flexibility index (Phi) is 13.8. The van der Waals surface area contributed by atoms with Gasteiger partial charge in [-0.2, -0.15) is 0 Å². The van der Waals surface area contributed by atoms with Gasteiger partial charge in [-0.3, -0.25) is 24.1 Å². The summed E-state index contributed by atoms with van der Waals surface area (Å²) in [5, 5.41) is 29.6. The first-order valence-electron chi connectivity index (χ1n) is 19.0. The average molecular weight is 746 g/mol. The summed E-state index contributed by atoms with van der Waals surface area (Å²) in [6, 6.07) is 15.3. The Labute approximate surface area is 317 Å². The number of aromatic nitrogens is 1. The molecule has 0 spiro atoms. The molecule has 0 radical (unpaired) electrons. The third-order valence-corrected chi connectivity index (χ3v) is 12.0. The summed E-state index contributed by atoms with van der Waals surface area (Å²) in [6.07, 6.45) is 3.37. The largest absolute Gasteiger partial charge is 0.481 e. The van der Waals surface area contributed by atoms with Gasteiger partial charge in [0.2, 0.25) is 11.8 Å². The third kappa shape index (κ3) is 9.90. The molecule has 2 heterocycles. The van der Waals surface area contributed by atoms with E-state index in [1.807, 2.05) is 94.2 Å². The van der Waals surface area contributed by atoms with E-state index in [-0.39, 0.29) is 54.3 Å². The molecule has 1 aromatic heterocycles. The van der Waals surface area contributed by atoms with Crippen molar-refractivity contribution >= 4 is 35.0 Å². The van der Waals surface area contributed by atoms with Gasteiger partial charge in [-0.15, -0.1) is 11.3 Å². The zero-order chi connectivity index (χ0) is 38.2. The molecule has 0 saturated carbocycles. The van der Waals surface area contributed by atoms with Gasteiger partial charge in [0, 0.05) is 30.4 Å². The van der Waals surface area contributed by atoms with E-state index in [0.717, 1.165) is 42.5 Å². The highest BCUT2D eigenvalue weighted by Gasteiger charge is 2.38. The van der Waals surface area contributed by atoms with Crippen LogP contribution in [0.4, 0.5) is 0 Å². The maximum Gasteiger partial charge on any atom is 0.311 e. The zero-order valence-electron chi connectivity index (χ0n) is 31.5. The van der Waals surface area contributed by atoms with E-state index in [0.29, 0.717) is 24.4 Å². The number of benzene rings is 2. The van der Waals surface area contributed by atoms with E-state index >= 15 is 0 Å². The molecule has 7 atom stereocenters. The Balaban J connectivity index is 1.34. The van der Waals surface area contributed by atoms with Gasteiger partial charge in [-0.05, 0) is 67.8 Å². The van der Waals surface area contributed by atoms with E-state index in [2.05, 4.69) is 20.5 Å². The molecular formula is C41H55N5O6S. The minimum absolute atomic E-state index is 0.0610. The Morgan fingerprint density at radius 1 is 1.04 bits per heavy atom. The van der Waals surface area contributed by atoms with Crippen LogP contribution in [0.5, 0.6) is 0 Å². The molecule has 286 valence electrons. The second kappa shape index (κ2) is 18.3. The fraction of sp³-hybridized carbons (Fsp3) is 0.537. The second-order valence-corrected chi connectivity index (χ2v) is 16.0. The number of aliphatic hydroxyl groups is 1. The molecule has 4 N–H and O–H groups in total. The van der Waals surface area contributed by atoms with Gasteiger partial charge in [0.15, 0.2) is 0 Å². The fourth-order valence-electron chi connectivity index (χ4n) is 7.71. The smallest absolute Gasteiger partial charge is 0.311 e. The standard InChI is InChI=1S/C41H55N5O6S/c1-6-26(4)36(44-38(49)33-18-12-13-19-45(33)5)40(50)46(23-27-14-8-7-9-15-27)34(25(2)3)22-35(47)39-43-32(24-53-39)37(48)42-29-20-28-16-10-11-17-30(28)31(21-29)41(51)52/h7-11,14-17,24-26,29,31,33-36,47H,6,12-13,18-23H2,1-5H3,(H,42,48)(H,44,49)(H,51,52)/t26-,29-,31+,33+,34+,35+,36-/m0/s1. The molecule has 12 heteroatoms. The molecule has 2 aliphatic rings. The number of nitrogens with zero attached hydrogens (tertiary/aromatic N) is 3. The number of carbonyl (C=O) groups excluding carboxylic acids is 3. The number of likely N-dealkylation sites (tertiary alicyclic amines) is 1. The lowest BCUT2D eigenvalue weighted by Gasteiger charge is -2.40. The van der Waals surface area contributed by atoms with Gasteiger partial charge in [-0.1, -0.05) is 95.1 Å². The van der Waals surface area contributed by atoms with E-state index in [4.69, 9.17) is 0 Å². The van der Waals surface area contributed by atoms with Crippen molar-refractivity contribution in [3.63, 3.8) is 0 Å². The topological polar surface area (TPSA) is 152 Å². The summed E-state index contributed by atoms with van der Waals surface area (Å²) >= 11 is 1.18. The molecule has 11 nitrogen and oxygen atoms in total. The number of carbonyl (C=O) groups is 4. The van der Waals surface area contributed by atoms with E-state index < -0.39 is 36.0 Å². The van der Waals surface area contributed by atoms with Crippen LogP contribution in [0.1, 0.15) is 110 Å². The van der Waals surface area contributed by atoms with Crippen LogP contribution in [0.2, 0.25) is 0 Å². The summed E-state index contributed by atoms with van der Waals surface area (Å²) < 4.78 is 0. The first kappa shape index (κ1) is 40.1. The van der Waals surface area contributed by atoms with Crippen LogP contribution in [0, 0.1) is 11.8 Å². The maximum atomic E-state index is 14.7. The molecule has 3 amide bonds. The highest BCUT2D eigenvalue weighted by atomic mass is 32.1. The van der Waals surface area contributed by atoms with Crippen molar-refractivity contribution in [2.75, 3.05) is 13.6 Å². The van der Waals surface area contributed by atoms with Crippen LogP contribution >= 0.6 is 11.3 Å². The summed E-state index contributed by atoms with van der Waals surface area (Å²) in [6.45, 7) is 9.18. The lowest BCUT2D eigenvalue weighted by Crippen LogP contribution is -2.58. The van der Waals surface area contributed by atoms with Crippen LogP contribution in [-0.4, -0.2) is 86.4 Å². The number of carboxylic acid groups (broad SMARTS) is 1. The van der Waals surface area contributed by atoms with Gasteiger partial charge >= 0.3 is 5.97 Å². The summed E-state index contributed by atoms with van der Waals surface area (Å²) in [5.74, 6) is -2.57. The maximum absolute atomic E-state index is 14.7. The molecular weight excluding hydrogens is 691 g/mol. The number of rotatable bonds is 15. The molecule has 0 bridgehead atoms. The molecule has 1 saturated heterocycles. The zero-order valence-corrected chi connectivity index (χ0v) is 32.4. The lowest BCUT2D eigenvalue weighted by atomic mass is 9.80. The van der Waals surface area contributed by atoms with Gasteiger partial charge < -0.3 is 25.7 Å². The number of hydrogen-bond acceptors (Lipinski definition) is 8. The molecule has 5 rings (SSSR count). The number of fused-ring (bicyclic) bond motifs is 1. The summed E-state index contributed by atoms with van der Waals surface area (Å²) in [4.78, 5) is 62.2. The van der Waals surface area contributed by atoms with Crippen LogP contribution in [0.15, 0.2) is 60.0 Å². The van der Waals surface area contributed by atoms with Crippen molar-refractivity contribution < 1.29 is 29.4 Å². The van der Waals surface area contributed by atoms with Crippen molar-refractivity contribution in [1.82, 2.24) is 25.4 Å². The Bertz CT molecular complexity index is 1720. The first-order valence-corrected chi connectivity index (χ1v) is 19.9. The second-order valence-electron chi connectivity index (χ2n) is 15.1. The molecule has 0 unspecified atom stereocenters. The van der Waals surface area contributed by atoms with Crippen LogP contribution in [0.25, 0.3) is 0 Å². The van der Waals surface area contributed by atoms with E-state index in [1.54, 1.807) is 5.38 Å². The molecule has 53 heavy (non-hydrogen) atoms. The number of aliphatic hydroxyl groups excluding tert-OH is 1. The molecule has 1 aliphatic heterocycles. The summed E-state index contributed by atoms with van der Waals surface area (Å²) in [5.41, 5.74) is 2.77. The van der Waals surface area contributed by atoms with Crippen molar-refractivity contribution in [3.05, 3.63) is 87.4 Å². The highest BCUT2D eigenvalue weighted by Crippen LogP contribution is 2.33. The fourth-order valence-corrected chi connectivity index (χ4v) is 8.51. The Hall–Kier alpha value is -4.13. The minimum atomic E-state index is -1.06. The van der Waals surface area contributed by atoms with Gasteiger partial charge in [0.05, 0.1) is 12.0 Å². The predicted octanol–water partition coefficient (Wildman–Crippen LogP) is 5.55. The normalized spacial score (nSPS) is 21.2. The third-order valence-electron chi connectivity index (χ3n) is 11.1. The van der Waals surface area contributed by atoms with Crippen LogP contribution in [-0.2, 0) is 27.3 Å². The van der Waals surface area contributed by atoms with E-state index in [1.165, 1.54) is 11.3 Å². The molecule has 2 aromatic carbocycles. The van der Waals surface area contributed by atoms with Gasteiger partial charge in [0.25, 0.3) is 5.91 Å². The number of carboxylic acids is 1. The monoisotopic (exact) mass is 745 g/mol. The van der Waals surface area contributed by atoms with Crippen molar-refractivity contribution in [1.29, 1.82) is 0 Å². The number of piperidine rings is 1. The van der Waals surface area contributed by atoms with E-state index in [9.17, 15) is 29.4 Å². The first-order chi connectivity index (χ1) is 25.4. The van der Waals surface area contributed by atoms with Gasteiger partial charge in [-0.25, -0.2) is 4.98 Å². The number of amides is 3. The van der Waals surface area contributed by atoms with Crippen molar-refractivity contribution in [3.8, 4) is 0 Å². The van der Waals surface area contributed by atoms with Crippen molar-refractivity contribution in [2.24, 2.45) is 11.8 Å². The SMILES string of the molecule is CC[C@H](C)[C@H](NC(=O)[C@H]1CCCCN1C)C(=O)N(Cc1ccccc1)[C@H](C[C@@H](O)c1nc(C(=O)N[C@H]2Cc3ccccc3[C@H](C(=O)O)C2)cs1)C(C)C. The number of hydrogen-bond donors (Lipinski definition) is 4. The van der Waals surface area contributed by atoms with Crippen LogP contribution < -0.4 is 10.6 Å². The Morgan fingerprint density at radius 3 is 2.43 bits per heavy atom. The summed E-state index contributed by atoms with van der Waals surface area (Å²) in [7, 11) is 1.96. The Morgan fingerprint density at radius 2 is 1.75 bits per heavy atom. The number of thiazole rings is 1. The molecule has 3 aromatic rings. The predicted molar refractivity (Wildman–Crippen MR) is 205 cm³/mol. The number of likely N-dealkylation sites (N-methyl/N-ethyl adjacent to an activating group) is 1. The van der Waals surface area contributed by atoms with Crippen molar-refractivity contribution in [2.45, 2.75) is 115 Å². The highest BCUT2D eigenvalue weighted by molar-refractivity contribution is 7.09. The lowest BCUT2D eigenvalue weighted by molar-refractivity contribution is -0.143. The number of aliphatic carboxylic acids is 1. The average Bonchev–Trinajstić information content (AvgIpc) is 3.66. The number of nitrogens with one attached hydrogen (secondary N) is 2. The molecule has 1 aliphatic carbocycles. The minimum Gasteiger partial charge on any atom is -0.481 e. The van der Waals surface area contributed by atoms with Gasteiger partial charge in [0.1, 0.15) is 22.8 Å².